The van der Waals surface area contributed by atoms with Crippen LogP contribution in [-0.4, -0.2) is 19.6 Å². The topological polar surface area (TPSA) is 87.7 Å². The summed E-state index contributed by atoms with van der Waals surface area (Å²) < 4.78 is 17.6. The molecular formula is C26H37FN6. The highest BCUT2D eigenvalue weighted by molar-refractivity contribution is 5.86. The average molecular weight is 453 g/mol. The first-order chi connectivity index (χ1) is 15.4. The molecule has 0 amide bonds. The number of fused-ring (bicyclic) bond motifs is 2. The molecule has 0 aliphatic heterocycles. The van der Waals surface area contributed by atoms with E-state index in [0.29, 0.717) is 11.5 Å². The third-order valence-corrected chi connectivity index (χ3v) is 6.00. The first kappa shape index (κ1) is 24.9. The Labute approximate surface area is 195 Å². The molecule has 0 bridgehead atoms. The lowest BCUT2D eigenvalue weighted by Gasteiger charge is -2.08. The van der Waals surface area contributed by atoms with E-state index >= 15 is 0 Å². The van der Waals surface area contributed by atoms with Crippen molar-refractivity contribution in [1.82, 2.24) is 19.6 Å². The standard InChI is InChI=1S/C13H18FN3.C13H19N3/c1-7(2)13-10-5-11(14)9(8(3)15)6-12(10)17(4)16-13;1-8(2)12-11-7-5-6-10(9(3)14)13(11)16(4)15-12/h5-8H,15H2,1-4H3;5-9H,14H2,1-4H3. The SMILES string of the molecule is CC(C)c1nn(C)c2c(C(C)N)cccc12.CC(C)c1nn(C)c2cc(C(C)N)c(F)cc12. The van der Waals surface area contributed by atoms with Crippen molar-refractivity contribution >= 4 is 21.8 Å². The van der Waals surface area contributed by atoms with Crippen molar-refractivity contribution in [2.24, 2.45) is 25.6 Å². The van der Waals surface area contributed by atoms with Crippen LogP contribution < -0.4 is 11.5 Å². The lowest BCUT2D eigenvalue weighted by molar-refractivity contribution is 0.595. The number of hydrogen-bond acceptors (Lipinski definition) is 4. The van der Waals surface area contributed by atoms with E-state index in [1.165, 1.54) is 16.5 Å². The lowest BCUT2D eigenvalue weighted by atomic mass is 10.0. The molecule has 178 valence electrons. The van der Waals surface area contributed by atoms with E-state index in [1.807, 2.05) is 25.7 Å². The molecule has 7 heteroatoms. The first-order valence-electron chi connectivity index (χ1n) is 11.6. The molecule has 2 unspecified atom stereocenters. The Morgan fingerprint density at radius 3 is 1.85 bits per heavy atom. The van der Waals surface area contributed by atoms with E-state index in [0.717, 1.165) is 22.3 Å². The molecule has 2 aromatic heterocycles. The summed E-state index contributed by atoms with van der Waals surface area (Å²) in [4.78, 5) is 0. The van der Waals surface area contributed by atoms with Gasteiger partial charge in [-0.25, -0.2) is 4.39 Å². The minimum absolute atomic E-state index is 0.0408. The van der Waals surface area contributed by atoms with Gasteiger partial charge in [-0.15, -0.1) is 0 Å². The van der Waals surface area contributed by atoms with Gasteiger partial charge in [-0.3, -0.25) is 9.36 Å². The molecule has 0 radical (unpaired) electrons. The average Bonchev–Trinajstić information content (AvgIpc) is 3.25. The van der Waals surface area contributed by atoms with Crippen LogP contribution in [0.4, 0.5) is 4.39 Å². The third-order valence-electron chi connectivity index (χ3n) is 6.00. The van der Waals surface area contributed by atoms with Gasteiger partial charge in [0.1, 0.15) is 5.82 Å². The van der Waals surface area contributed by atoms with Crippen LogP contribution in [0.2, 0.25) is 0 Å². The highest BCUT2D eigenvalue weighted by Crippen LogP contribution is 2.30. The van der Waals surface area contributed by atoms with Gasteiger partial charge in [-0.2, -0.15) is 10.2 Å². The van der Waals surface area contributed by atoms with Crippen LogP contribution in [0.3, 0.4) is 0 Å². The monoisotopic (exact) mass is 452 g/mol. The zero-order valence-corrected chi connectivity index (χ0v) is 21.0. The number of para-hydroxylation sites is 1. The van der Waals surface area contributed by atoms with E-state index in [-0.39, 0.29) is 23.8 Å². The predicted molar refractivity (Wildman–Crippen MR) is 135 cm³/mol. The smallest absolute Gasteiger partial charge is 0.128 e. The summed E-state index contributed by atoms with van der Waals surface area (Å²) in [6, 6.07) is 9.36. The summed E-state index contributed by atoms with van der Waals surface area (Å²) >= 11 is 0. The molecule has 4 aromatic rings. The van der Waals surface area contributed by atoms with Crippen LogP contribution in [0.1, 0.15) is 88.0 Å². The van der Waals surface area contributed by atoms with Gasteiger partial charge in [0.2, 0.25) is 0 Å². The molecule has 0 saturated heterocycles. The maximum Gasteiger partial charge on any atom is 0.128 e. The highest BCUT2D eigenvalue weighted by Gasteiger charge is 2.17. The number of nitrogens with zero attached hydrogens (tertiary/aromatic N) is 4. The highest BCUT2D eigenvalue weighted by atomic mass is 19.1. The quantitative estimate of drug-likeness (QED) is 0.424. The molecule has 33 heavy (non-hydrogen) atoms. The minimum atomic E-state index is -0.309. The zero-order valence-electron chi connectivity index (χ0n) is 21.0. The van der Waals surface area contributed by atoms with Crippen LogP contribution in [0, 0.1) is 5.82 Å². The molecule has 0 saturated carbocycles. The number of nitrogens with two attached hydrogens (primary N) is 2. The summed E-state index contributed by atoms with van der Waals surface area (Å²) in [7, 11) is 3.86. The summed E-state index contributed by atoms with van der Waals surface area (Å²) in [5.41, 5.74) is 17.6. The van der Waals surface area contributed by atoms with E-state index in [1.54, 1.807) is 23.7 Å². The second-order valence-corrected chi connectivity index (χ2v) is 9.54. The number of halogens is 1. The summed E-state index contributed by atoms with van der Waals surface area (Å²) in [5.74, 6) is 0.466. The molecule has 0 aliphatic carbocycles. The van der Waals surface area contributed by atoms with Crippen molar-refractivity contribution < 1.29 is 4.39 Å². The van der Waals surface area contributed by atoms with Crippen LogP contribution in [0.15, 0.2) is 30.3 Å². The fourth-order valence-electron chi connectivity index (χ4n) is 4.28. The largest absolute Gasteiger partial charge is 0.324 e. The Balaban J connectivity index is 0.000000186. The van der Waals surface area contributed by atoms with Crippen molar-refractivity contribution in [3.63, 3.8) is 0 Å². The van der Waals surface area contributed by atoms with E-state index in [4.69, 9.17) is 11.5 Å². The fraction of sp³-hybridized carbons (Fsp3) is 0.462. The molecule has 0 aliphatic rings. The normalized spacial score (nSPS) is 13.6. The Kier molecular flexibility index (Phi) is 7.24. The lowest BCUT2D eigenvalue weighted by Crippen LogP contribution is -2.07. The second kappa shape index (κ2) is 9.61. The molecule has 0 fully saturated rings. The number of benzene rings is 2. The van der Waals surface area contributed by atoms with Crippen molar-refractivity contribution in [3.8, 4) is 0 Å². The molecular weight excluding hydrogens is 415 g/mol. The van der Waals surface area contributed by atoms with Gasteiger partial charge in [-0.05, 0) is 43.4 Å². The van der Waals surface area contributed by atoms with Crippen molar-refractivity contribution in [2.75, 3.05) is 0 Å². The summed E-state index contributed by atoms with van der Waals surface area (Å²) in [6.45, 7) is 12.2. The van der Waals surface area contributed by atoms with E-state index in [2.05, 4.69) is 56.1 Å². The van der Waals surface area contributed by atoms with Crippen LogP contribution in [0.5, 0.6) is 0 Å². The van der Waals surface area contributed by atoms with Crippen LogP contribution in [-0.2, 0) is 14.1 Å². The van der Waals surface area contributed by atoms with Gasteiger partial charge in [0, 0.05) is 42.5 Å². The van der Waals surface area contributed by atoms with E-state index < -0.39 is 0 Å². The van der Waals surface area contributed by atoms with Gasteiger partial charge < -0.3 is 11.5 Å². The van der Waals surface area contributed by atoms with Crippen LogP contribution >= 0.6 is 0 Å². The van der Waals surface area contributed by atoms with Gasteiger partial charge in [0.25, 0.3) is 0 Å². The van der Waals surface area contributed by atoms with Gasteiger partial charge in [0.05, 0.1) is 22.4 Å². The Bertz CT molecular complexity index is 1260. The zero-order chi connectivity index (χ0) is 24.6. The maximum atomic E-state index is 13.9. The van der Waals surface area contributed by atoms with Crippen molar-refractivity contribution in [2.45, 2.75) is 65.5 Å². The molecule has 6 nitrogen and oxygen atoms in total. The second-order valence-electron chi connectivity index (χ2n) is 9.54. The maximum absolute atomic E-state index is 13.9. The Morgan fingerprint density at radius 2 is 1.30 bits per heavy atom. The van der Waals surface area contributed by atoms with Crippen LogP contribution in [0.25, 0.3) is 21.8 Å². The Morgan fingerprint density at radius 1 is 0.758 bits per heavy atom. The minimum Gasteiger partial charge on any atom is -0.324 e. The van der Waals surface area contributed by atoms with Gasteiger partial charge in [-0.1, -0.05) is 45.9 Å². The molecule has 4 N–H and O–H groups in total. The molecule has 2 atom stereocenters. The summed E-state index contributed by atoms with van der Waals surface area (Å²) in [6.07, 6.45) is 0. The number of aromatic nitrogens is 4. The van der Waals surface area contributed by atoms with Crippen molar-refractivity contribution in [3.05, 3.63) is 58.7 Å². The fourth-order valence-corrected chi connectivity index (χ4v) is 4.28. The molecule has 2 heterocycles. The number of aryl methyl sites for hydroxylation is 2. The first-order valence-corrected chi connectivity index (χ1v) is 11.6. The molecule has 0 spiro atoms. The third kappa shape index (κ3) is 4.80. The predicted octanol–water partition coefficient (Wildman–Crippen LogP) is 5.57. The number of hydrogen-bond donors (Lipinski definition) is 2. The van der Waals surface area contributed by atoms with Gasteiger partial charge in [0.15, 0.2) is 0 Å². The van der Waals surface area contributed by atoms with E-state index in [9.17, 15) is 4.39 Å². The Hall–Kier alpha value is -2.77. The number of rotatable bonds is 4. The summed E-state index contributed by atoms with van der Waals surface area (Å²) in [5, 5.41) is 11.1. The molecule has 2 aromatic carbocycles. The van der Waals surface area contributed by atoms with Gasteiger partial charge >= 0.3 is 0 Å². The molecule has 4 rings (SSSR count). The van der Waals surface area contributed by atoms with Crippen molar-refractivity contribution in [1.29, 1.82) is 0 Å².